The zero-order valence-corrected chi connectivity index (χ0v) is 37.7. The van der Waals surface area contributed by atoms with Gasteiger partial charge in [-0.15, -0.1) is 6.58 Å². The molecule has 0 amide bonds. The molecule has 4 heterocycles. The Labute approximate surface area is 363 Å². The van der Waals surface area contributed by atoms with Crippen molar-refractivity contribution >= 4 is 16.6 Å². The number of nitrogens with zero attached hydrogens (tertiary/aromatic N) is 5. The van der Waals surface area contributed by atoms with Crippen molar-refractivity contribution in [3.05, 3.63) is 95.9 Å². The Kier molecular flexibility index (Phi) is 13.9. The van der Waals surface area contributed by atoms with Gasteiger partial charge in [-0.25, -0.2) is 10.4 Å². The van der Waals surface area contributed by atoms with Gasteiger partial charge in [-0.2, -0.15) is 13.2 Å². The van der Waals surface area contributed by atoms with Gasteiger partial charge >= 0.3 is 6.18 Å². The monoisotopic (exact) mass is 838 g/mol. The minimum Gasteiger partial charge on any atom is -0.368 e. The van der Waals surface area contributed by atoms with Crippen LogP contribution in [-0.4, -0.2) is 83.5 Å². The SMILES string of the molecule is C=CC(N)Cc1cc(C)cc(-c2ccc3c(c2)c(CC(C)(C)CCC(=C)[C@@H]2CCCN(C)N2)c(-c2cc(N4CCN(C5CCC5)CC4)cnc2C(C)CC)n3CC(F)(F)F)c1. The summed E-state index contributed by atoms with van der Waals surface area (Å²) < 4.78 is 46.7. The molecule has 330 valence electrons. The quantitative estimate of drug-likeness (QED) is 0.110. The Hall–Kier alpha value is -3.96. The van der Waals surface area contributed by atoms with Crippen molar-refractivity contribution in [2.75, 3.05) is 44.7 Å². The van der Waals surface area contributed by atoms with Crippen LogP contribution in [-0.2, 0) is 19.4 Å². The number of alkyl halides is 3. The third-order valence-corrected chi connectivity index (χ3v) is 13.9. The number of nitrogens with one attached hydrogen (secondary N) is 1. The minimum atomic E-state index is -4.45. The van der Waals surface area contributed by atoms with E-state index in [1.807, 2.05) is 18.3 Å². The molecule has 2 aromatic carbocycles. The van der Waals surface area contributed by atoms with E-state index in [1.54, 1.807) is 10.6 Å². The maximum Gasteiger partial charge on any atom is 0.406 e. The number of halogens is 3. The van der Waals surface area contributed by atoms with Crippen LogP contribution in [0.2, 0.25) is 0 Å². The molecule has 10 heteroatoms. The number of aromatic nitrogens is 2. The van der Waals surface area contributed by atoms with Crippen molar-refractivity contribution < 1.29 is 13.2 Å². The molecule has 1 aliphatic carbocycles. The first kappa shape index (κ1) is 45.1. The fourth-order valence-corrected chi connectivity index (χ4v) is 9.91. The van der Waals surface area contributed by atoms with Gasteiger partial charge in [-0.05, 0) is 116 Å². The third-order valence-electron chi connectivity index (χ3n) is 13.9. The number of hydrazine groups is 1. The lowest BCUT2D eigenvalue weighted by Crippen LogP contribution is -2.52. The molecule has 3 atom stereocenters. The highest BCUT2D eigenvalue weighted by Gasteiger charge is 2.35. The highest BCUT2D eigenvalue weighted by atomic mass is 19.4. The van der Waals surface area contributed by atoms with Gasteiger partial charge in [0, 0.05) is 74.4 Å². The Morgan fingerprint density at radius 2 is 1.75 bits per heavy atom. The van der Waals surface area contributed by atoms with E-state index >= 15 is 13.2 Å². The summed E-state index contributed by atoms with van der Waals surface area (Å²) in [7, 11) is 2.08. The number of fused-ring (bicyclic) bond motifs is 1. The summed E-state index contributed by atoms with van der Waals surface area (Å²) in [6.07, 6.45) is 9.07. The lowest BCUT2D eigenvalue weighted by molar-refractivity contribution is -0.139. The van der Waals surface area contributed by atoms with E-state index in [2.05, 4.69) is 105 Å². The fourth-order valence-electron chi connectivity index (χ4n) is 9.91. The molecule has 61 heavy (non-hydrogen) atoms. The largest absolute Gasteiger partial charge is 0.406 e. The number of benzene rings is 2. The van der Waals surface area contributed by atoms with Crippen molar-refractivity contribution in [2.24, 2.45) is 11.1 Å². The first-order valence-corrected chi connectivity index (χ1v) is 22.9. The smallest absolute Gasteiger partial charge is 0.368 e. The number of rotatable bonds is 16. The Morgan fingerprint density at radius 3 is 2.41 bits per heavy atom. The standard InChI is InChI=1S/C51H70F3N7/c1-9-35(4)48-44(30-42(32-56-48)60-23-21-59(22-24-60)41-13-11-14-41)49-45(31-50(6,7)19-18-36(5)46-15-12-20-58(8)57-46)43-29-38(16-17-47(43)61(49)33-51(52,53)54)39-26-34(3)25-37(27-39)28-40(55)10-2/h10,16-17,25-27,29-30,32,35,40-41,46,57H,2,5,9,11-15,18-24,28,31,33,55H2,1,3-4,6-8H3/t35?,40?,46-/m0/s1. The van der Waals surface area contributed by atoms with Crippen LogP contribution in [0.4, 0.5) is 18.9 Å². The van der Waals surface area contributed by atoms with Crippen LogP contribution in [0, 0.1) is 12.3 Å². The van der Waals surface area contributed by atoms with E-state index in [9.17, 15) is 0 Å². The molecule has 3 aliphatic rings. The molecule has 2 aliphatic heterocycles. The third kappa shape index (κ3) is 10.6. The second-order valence-corrected chi connectivity index (χ2v) is 19.4. The predicted molar refractivity (Wildman–Crippen MR) is 248 cm³/mol. The molecule has 7 rings (SSSR count). The molecular formula is C51H70F3N7. The molecule has 0 spiro atoms. The van der Waals surface area contributed by atoms with Crippen LogP contribution in [0.25, 0.3) is 33.3 Å². The number of aryl methyl sites for hydroxylation is 1. The maximum atomic E-state index is 15.0. The van der Waals surface area contributed by atoms with E-state index < -0.39 is 12.7 Å². The number of hydrogen-bond donors (Lipinski definition) is 2. The summed E-state index contributed by atoms with van der Waals surface area (Å²) in [6, 6.07) is 15.4. The van der Waals surface area contributed by atoms with Crippen LogP contribution >= 0.6 is 0 Å². The van der Waals surface area contributed by atoms with Crippen LogP contribution in [0.1, 0.15) is 107 Å². The summed E-state index contributed by atoms with van der Waals surface area (Å²) in [4.78, 5) is 10.2. The van der Waals surface area contributed by atoms with Crippen molar-refractivity contribution in [1.29, 1.82) is 0 Å². The van der Waals surface area contributed by atoms with Crippen molar-refractivity contribution in [3.8, 4) is 22.4 Å². The normalized spacial score (nSPS) is 19.6. The number of nitrogens with two attached hydrogens (primary N) is 1. The first-order chi connectivity index (χ1) is 29.0. The highest BCUT2D eigenvalue weighted by Crippen LogP contribution is 2.45. The second-order valence-electron chi connectivity index (χ2n) is 19.4. The van der Waals surface area contributed by atoms with E-state index in [1.165, 1.54) is 24.8 Å². The zero-order valence-electron chi connectivity index (χ0n) is 37.7. The van der Waals surface area contributed by atoms with Gasteiger partial charge in [0.1, 0.15) is 6.54 Å². The van der Waals surface area contributed by atoms with E-state index in [4.69, 9.17) is 10.7 Å². The molecule has 3 N–H and O–H groups in total. The first-order valence-electron chi connectivity index (χ1n) is 22.9. The molecule has 3 fully saturated rings. The highest BCUT2D eigenvalue weighted by molar-refractivity contribution is 5.95. The van der Waals surface area contributed by atoms with Gasteiger partial charge in [0.15, 0.2) is 0 Å². The molecule has 2 unspecified atom stereocenters. The molecule has 1 saturated carbocycles. The topological polar surface area (TPSA) is 65.6 Å². The Bertz CT molecular complexity index is 2170. The average Bonchev–Trinajstić information content (AvgIpc) is 3.48. The van der Waals surface area contributed by atoms with Crippen molar-refractivity contribution in [1.82, 2.24) is 24.9 Å². The number of pyridine rings is 1. The lowest BCUT2D eigenvalue weighted by atomic mass is 9.78. The van der Waals surface area contributed by atoms with E-state index in [0.29, 0.717) is 30.1 Å². The van der Waals surface area contributed by atoms with Gasteiger partial charge in [0.2, 0.25) is 0 Å². The van der Waals surface area contributed by atoms with Gasteiger partial charge in [-0.3, -0.25) is 9.88 Å². The molecule has 4 aromatic rings. The van der Waals surface area contributed by atoms with Crippen LogP contribution in [0.15, 0.2) is 73.5 Å². The van der Waals surface area contributed by atoms with E-state index in [0.717, 1.165) is 115 Å². The van der Waals surface area contributed by atoms with Crippen LogP contribution in [0.5, 0.6) is 0 Å². The second kappa shape index (κ2) is 18.8. The van der Waals surface area contributed by atoms with Crippen LogP contribution in [0.3, 0.4) is 0 Å². The number of piperazine rings is 1. The zero-order chi connectivity index (χ0) is 43.6. The lowest BCUT2D eigenvalue weighted by Gasteiger charge is -2.43. The molecule has 2 saturated heterocycles. The fraction of sp³-hybridized carbons (Fsp3) is 0.549. The molecule has 0 radical (unpaired) electrons. The molecule has 2 aromatic heterocycles. The van der Waals surface area contributed by atoms with Crippen molar-refractivity contribution in [2.45, 2.75) is 136 Å². The van der Waals surface area contributed by atoms with Gasteiger partial charge in [-0.1, -0.05) is 82.2 Å². The van der Waals surface area contributed by atoms with Crippen molar-refractivity contribution in [3.63, 3.8) is 0 Å². The minimum absolute atomic E-state index is 0.0467. The Balaban J connectivity index is 1.38. The summed E-state index contributed by atoms with van der Waals surface area (Å²) in [5.74, 6) is 0.0467. The van der Waals surface area contributed by atoms with E-state index in [-0.39, 0.29) is 23.4 Å². The number of anilines is 1. The van der Waals surface area contributed by atoms with Gasteiger partial charge in [0.25, 0.3) is 0 Å². The number of hydrogen-bond acceptors (Lipinski definition) is 6. The Morgan fingerprint density at radius 1 is 1.00 bits per heavy atom. The molecule has 0 bridgehead atoms. The maximum absolute atomic E-state index is 15.0. The van der Waals surface area contributed by atoms with Crippen LogP contribution < -0.4 is 16.1 Å². The summed E-state index contributed by atoms with van der Waals surface area (Å²) in [5, 5.41) is 3.01. The predicted octanol–water partition coefficient (Wildman–Crippen LogP) is 11.0. The molecule has 7 nitrogen and oxygen atoms in total. The average molecular weight is 838 g/mol. The summed E-state index contributed by atoms with van der Waals surface area (Å²) in [6.45, 7) is 23.0. The summed E-state index contributed by atoms with van der Waals surface area (Å²) in [5.41, 5.74) is 19.9. The molecular weight excluding hydrogens is 768 g/mol. The van der Waals surface area contributed by atoms with Gasteiger partial charge < -0.3 is 15.2 Å². The summed E-state index contributed by atoms with van der Waals surface area (Å²) >= 11 is 0. The van der Waals surface area contributed by atoms with Gasteiger partial charge in [0.05, 0.1) is 23.3 Å².